The van der Waals surface area contributed by atoms with Crippen LogP contribution in [0.3, 0.4) is 0 Å². The van der Waals surface area contributed by atoms with E-state index in [0.29, 0.717) is 37.0 Å². The fourth-order valence-corrected chi connectivity index (χ4v) is 3.60. The number of hydrogen-bond acceptors (Lipinski definition) is 6. The third-order valence-corrected chi connectivity index (χ3v) is 4.89. The smallest absolute Gasteiger partial charge is 0.319 e. The molecule has 0 spiro atoms. The van der Waals surface area contributed by atoms with E-state index >= 15 is 0 Å². The van der Waals surface area contributed by atoms with Crippen LogP contribution in [-0.4, -0.2) is 85.0 Å². The van der Waals surface area contributed by atoms with Crippen LogP contribution in [0.5, 0.6) is 0 Å². The predicted molar refractivity (Wildman–Crippen MR) is 104 cm³/mol. The molecule has 10 heteroatoms. The molecule has 4 atom stereocenters. The van der Waals surface area contributed by atoms with Gasteiger partial charge in [-0.15, -0.1) is 12.4 Å². The van der Waals surface area contributed by atoms with Gasteiger partial charge in [0.1, 0.15) is 12.2 Å². The molecule has 1 aromatic carbocycles. The molecule has 1 aromatic rings. The number of halogens is 2. The van der Waals surface area contributed by atoms with Gasteiger partial charge in [0.05, 0.1) is 32.0 Å². The van der Waals surface area contributed by atoms with Crippen molar-refractivity contribution < 1.29 is 24.5 Å². The van der Waals surface area contributed by atoms with E-state index in [-0.39, 0.29) is 31.6 Å². The highest BCUT2D eigenvalue weighted by molar-refractivity contribution is 6.30. The second-order valence-electron chi connectivity index (χ2n) is 6.37. The highest BCUT2D eigenvalue weighted by Gasteiger charge is 2.46. The molecule has 152 valence electrons. The molecule has 0 saturated carbocycles. The number of aliphatic hydroxyl groups excluding tert-OH is 2. The molecule has 2 fully saturated rings. The zero-order valence-electron chi connectivity index (χ0n) is 14.7. The van der Waals surface area contributed by atoms with Crippen molar-refractivity contribution in [2.24, 2.45) is 0 Å². The van der Waals surface area contributed by atoms with Crippen LogP contribution < -0.4 is 10.6 Å². The van der Waals surface area contributed by atoms with Crippen LogP contribution in [0, 0.1) is 0 Å². The average molecular weight is 422 g/mol. The van der Waals surface area contributed by atoms with Crippen molar-refractivity contribution in [3.05, 3.63) is 29.3 Å². The quantitative estimate of drug-likeness (QED) is 0.558. The second-order valence-corrected chi connectivity index (χ2v) is 6.81. The van der Waals surface area contributed by atoms with Gasteiger partial charge in [-0.05, 0) is 18.2 Å². The number of rotatable bonds is 5. The Kier molecular flexibility index (Phi) is 8.56. The standard InChI is InChI=1S/C17H24ClN3O5.ClH/c18-11-2-1-3-12(8-11)20-17(24)19-9-13-15(16(23)14(10-22)26-13)21-4-6-25-7-5-21;/h1-3,8,13-16,22-23H,4-7,9-10H2,(H2,19,20,24);1H/t13-,14+,15+,16-;/m1./s1. The molecule has 0 unspecified atom stereocenters. The van der Waals surface area contributed by atoms with Crippen molar-refractivity contribution in [3.8, 4) is 0 Å². The maximum Gasteiger partial charge on any atom is 0.319 e. The van der Waals surface area contributed by atoms with Crippen LogP contribution in [0.15, 0.2) is 24.3 Å². The fraction of sp³-hybridized carbons (Fsp3) is 0.588. The van der Waals surface area contributed by atoms with Crippen molar-refractivity contribution in [2.75, 3.05) is 44.8 Å². The third kappa shape index (κ3) is 5.68. The number of benzene rings is 1. The van der Waals surface area contributed by atoms with Gasteiger partial charge in [0.2, 0.25) is 0 Å². The molecule has 2 amide bonds. The summed E-state index contributed by atoms with van der Waals surface area (Å²) in [6, 6.07) is 6.16. The van der Waals surface area contributed by atoms with Crippen LogP contribution in [0.2, 0.25) is 5.02 Å². The number of carbonyl (C=O) groups is 1. The van der Waals surface area contributed by atoms with E-state index in [1.165, 1.54) is 0 Å². The Morgan fingerprint density at radius 1 is 1.30 bits per heavy atom. The number of anilines is 1. The monoisotopic (exact) mass is 421 g/mol. The van der Waals surface area contributed by atoms with Crippen LogP contribution in [0.4, 0.5) is 10.5 Å². The molecular weight excluding hydrogens is 397 g/mol. The summed E-state index contributed by atoms with van der Waals surface area (Å²) in [5.74, 6) is 0. The largest absolute Gasteiger partial charge is 0.394 e. The Labute approximate surface area is 169 Å². The Morgan fingerprint density at radius 2 is 2.04 bits per heavy atom. The maximum atomic E-state index is 12.1. The van der Waals surface area contributed by atoms with Crippen LogP contribution in [0.25, 0.3) is 0 Å². The summed E-state index contributed by atoms with van der Waals surface area (Å²) in [5.41, 5.74) is 0.584. The second kappa shape index (κ2) is 10.4. The van der Waals surface area contributed by atoms with Gasteiger partial charge in [0.15, 0.2) is 0 Å². The average Bonchev–Trinajstić information content (AvgIpc) is 2.96. The van der Waals surface area contributed by atoms with Gasteiger partial charge >= 0.3 is 6.03 Å². The molecule has 2 aliphatic heterocycles. The molecule has 2 heterocycles. The van der Waals surface area contributed by atoms with E-state index in [9.17, 15) is 15.0 Å². The third-order valence-electron chi connectivity index (χ3n) is 4.65. The molecule has 27 heavy (non-hydrogen) atoms. The number of amides is 2. The molecule has 2 aliphatic rings. The highest BCUT2D eigenvalue weighted by Crippen LogP contribution is 2.26. The Bertz CT molecular complexity index is 618. The predicted octanol–water partition coefficient (Wildman–Crippen LogP) is 0.705. The van der Waals surface area contributed by atoms with Gasteiger partial charge in [-0.2, -0.15) is 0 Å². The van der Waals surface area contributed by atoms with Crippen LogP contribution in [0.1, 0.15) is 0 Å². The lowest BCUT2D eigenvalue weighted by Gasteiger charge is -2.36. The number of nitrogens with one attached hydrogen (secondary N) is 2. The lowest BCUT2D eigenvalue weighted by atomic mass is 10.0. The first-order valence-corrected chi connectivity index (χ1v) is 9.03. The van der Waals surface area contributed by atoms with Crippen molar-refractivity contribution in [3.63, 3.8) is 0 Å². The number of hydrogen-bond donors (Lipinski definition) is 4. The first-order chi connectivity index (χ1) is 12.6. The lowest BCUT2D eigenvalue weighted by Crippen LogP contribution is -2.54. The molecule has 3 rings (SSSR count). The lowest BCUT2D eigenvalue weighted by molar-refractivity contribution is -0.0214. The van der Waals surface area contributed by atoms with Gasteiger partial charge < -0.3 is 30.3 Å². The molecule has 0 radical (unpaired) electrons. The molecule has 0 aromatic heterocycles. The van der Waals surface area contributed by atoms with Gasteiger partial charge in [-0.3, -0.25) is 4.90 Å². The number of morpholine rings is 1. The van der Waals surface area contributed by atoms with E-state index in [2.05, 4.69) is 15.5 Å². The first-order valence-electron chi connectivity index (χ1n) is 8.65. The summed E-state index contributed by atoms with van der Waals surface area (Å²) >= 11 is 5.90. The minimum Gasteiger partial charge on any atom is -0.394 e. The number of carbonyl (C=O) groups excluding carboxylic acids is 1. The van der Waals surface area contributed by atoms with Gasteiger partial charge in [0.25, 0.3) is 0 Å². The zero-order valence-corrected chi connectivity index (χ0v) is 16.3. The van der Waals surface area contributed by atoms with E-state index < -0.39 is 24.3 Å². The van der Waals surface area contributed by atoms with E-state index in [1.807, 2.05) is 0 Å². The maximum absolute atomic E-state index is 12.1. The molecular formula is C17H25Cl2N3O5. The summed E-state index contributed by atoms with van der Waals surface area (Å²) in [7, 11) is 0. The fourth-order valence-electron chi connectivity index (χ4n) is 3.41. The van der Waals surface area contributed by atoms with Crippen molar-refractivity contribution in [1.29, 1.82) is 0 Å². The topological polar surface area (TPSA) is 103 Å². The van der Waals surface area contributed by atoms with Gasteiger partial charge in [-0.25, -0.2) is 4.79 Å². The molecule has 2 saturated heterocycles. The Balaban J connectivity index is 0.00000261. The van der Waals surface area contributed by atoms with Crippen molar-refractivity contribution in [1.82, 2.24) is 10.2 Å². The zero-order chi connectivity index (χ0) is 18.5. The number of aliphatic hydroxyl groups is 2. The molecule has 8 nitrogen and oxygen atoms in total. The summed E-state index contributed by atoms with van der Waals surface area (Å²) in [6.45, 7) is 2.46. The summed E-state index contributed by atoms with van der Waals surface area (Å²) in [4.78, 5) is 14.2. The van der Waals surface area contributed by atoms with E-state index in [1.54, 1.807) is 24.3 Å². The van der Waals surface area contributed by atoms with Gasteiger partial charge in [0, 0.05) is 30.3 Å². The molecule has 0 aliphatic carbocycles. The minimum atomic E-state index is -0.819. The summed E-state index contributed by atoms with van der Waals surface area (Å²) < 4.78 is 11.1. The number of nitrogens with zero attached hydrogens (tertiary/aromatic N) is 1. The Morgan fingerprint density at radius 3 is 2.70 bits per heavy atom. The van der Waals surface area contributed by atoms with Crippen molar-refractivity contribution >= 4 is 35.7 Å². The summed E-state index contributed by atoms with van der Waals surface area (Å²) in [5, 5.41) is 25.9. The van der Waals surface area contributed by atoms with Crippen molar-refractivity contribution in [2.45, 2.75) is 24.4 Å². The molecule has 4 N–H and O–H groups in total. The number of urea groups is 1. The normalized spacial score (nSPS) is 28.4. The van der Waals surface area contributed by atoms with Crippen LogP contribution in [-0.2, 0) is 9.47 Å². The Hall–Kier alpha value is -1.13. The minimum absolute atomic E-state index is 0. The summed E-state index contributed by atoms with van der Waals surface area (Å²) in [6.07, 6.45) is -1.91. The van der Waals surface area contributed by atoms with Gasteiger partial charge in [-0.1, -0.05) is 17.7 Å². The van der Waals surface area contributed by atoms with E-state index in [4.69, 9.17) is 21.1 Å². The first kappa shape index (κ1) is 22.2. The highest BCUT2D eigenvalue weighted by atomic mass is 35.5. The number of ether oxygens (including phenoxy) is 2. The van der Waals surface area contributed by atoms with Crippen LogP contribution >= 0.6 is 24.0 Å². The van der Waals surface area contributed by atoms with E-state index in [0.717, 1.165) is 0 Å². The SMILES string of the molecule is Cl.O=C(NC[C@H]1O[C@@H](CO)[C@@H](O)[C@H]1N1CCOCC1)Nc1cccc(Cl)c1. The molecule has 0 bridgehead atoms.